The smallest absolute Gasteiger partial charge is 0.342 e. The number of carbonyl (C=O) groups excluding carboxylic acids is 2. The Morgan fingerprint density at radius 3 is 2.46 bits per heavy atom. The summed E-state index contributed by atoms with van der Waals surface area (Å²) in [5.74, 6) is -1.80. The molecule has 0 heterocycles. The summed E-state index contributed by atoms with van der Waals surface area (Å²) >= 11 is 0. The minimum atomic E-state index is -1.12. The Balaban J connectivity index is 2.02. The number of rotatable bonds is 5. The predicted octanol–water partition coefficient (Wildman–Crippen LogP) is 2.72. The molecule has 2 aromatic carbocycles. The van der Waals surface area contributed by atoms with E-state index in [0.717, 1.165) is 0 Å². The van der Waals surface area contributed by atoms with Crippen LogP contribution in [0.25, 0.3) is 0 Å². The first-order valence-corrected chi connectivity index (χ1v) is 7.05. The van der Waals surface area contributed by atoms with Gasteiger partial charge in [-0.2, -0.15) is 0 Å². The summed E-state index contributed by atoms with van der Waals surface area (Å²) in [6.07, 6.45) is -1.12. The first-order chi connectivity index (χ1) is 11.4. The SMILES string of the molecule is COc1ccc(O)c(C(=O)OC(C)C(=O)Nc2ccc(F)cc2)c1. The Kier molecular flexibility index (Phi) is 5.36. The maximum Gasteiger partial charge on any atom is 0.342 e. The average Bonchev–Trinajstić information content (AvgIpc) is 2.57. The molecule has 2 N–H and O–H groups in total. The number of phenols is 1. The molecule has 2 rings (SSSR count). The highest BCUT2D eigenvalue weighted by Crippen LogP contribution is 2.24. The zero-order valence-corrected chi connectivity index (χ0v) is 13.1. The number of benzene rings is 2. The van der Waals surface area contributed by atoms with E-state index in [1.807, 2.05) is 0 Å². The first-order valence-electron chi connectivity index (χ1n) is 7.05. The van der Waals surface area contributed by atoms with E-state index >= 15 is 0 Å². The van der Waals surface area contributed by atoms with Crippen LogP contribution in [0.1, 0.15) is 17.3 Å². The van der Waals surface area contributed by atoms with E-state index in [9.17, 15) is 19.1 Å². The first kappa shape index (κ1) is 17.3. The van der Waals surface area contributed by atoms with Gasteiger partial charge in [0.1, 0.15) is 22.9 Å². The van der Waals surface area contributed by atoms with E-state index in [2.05, 4.69) is 5.32 Å². The van der Waals surface area contributed by atoms with Crippen LogP contribution in [0.3, 0.4) is 0 Å². The number of ether oxygens (including phenoxy) is 2. The summed E-state index contributed by atoms with van der Waals surface area (Å²) in [6.45, 7) is 1.38. The third-order valence-corrected chi connectivity index (χ3v) is 3.19. The molecule has 0 aliphatic rings. The monoisotopic (exact) mass is 333 g/mol. The van der Waals surface area contributed by atoms with Crippen molar-refractivity contribution in [1.29, 1.82) is 0 Å². The molecule has 0 bridgehead atoms. The van der Waals surface area contributed by atoms with Crippen molar-refractivity contribution in [1.82, 2.24) is 0 Å². The fourth-order valence-corrected chi connectivity index (χ4v) is 1.86. The highest BCUT2D eigenvalue weighted by molar-refractivity contribution is 5.98. The van der Waals surface area contributed by atoms with Crippen molar-refractivity contribution in [2.75, 3.05) is 12.4 Å². The summed E-state index contributed by atoms with van der Waals surface area (Å²) in [7, 11) is 1.42. The minimum Gasteiger partial charge on any atom is -0.507 e. The number of phenolic OH excluding ortho intramolecular Hbond substituents is 1. The molecule has 0 radical (unpaired) electrons. The summed E-state index contributed by atoms with van der Waals surface area (Å²) in [4.78, 5) is 24.1. The minimum absolute atomic E-state index is 0.115. The van der Waals surface area contributed by atoms with Gasteiger partial charge in [-0.3, -0.25) is 4.79 Å². The van der Waals surface area contributed by atoms with Gasteiger partial charge >= 0.3 is 5.97 Å². The van der Waals surface area contributed by atoms with Gasteiger partial charge in [-0.15, -0.1) is 0 Å². The van der Waals surface area contributed by atoms with Crippen molar-refractivity contribution in [2.24, 2.45) is 0 Å². The van der Waals surface area contributed by atoms with E-state index < -0.39 is 23.8 Å². The zero-order chi connectivity index (χ0) is 17.7. The van der Waals surface area contributed by atoms with Gasteiger partial charge in [0.05, 0.1) is 7.11 Å². The molecule has 7 heteroatoms. The van der Waals surface area contributed by atoms with Crippen LogP contribution in [-0.4, -0.2) is 30.2 Å². The molecular weight excluding hydrogens is 317 g/mol. The second kappa shape index (κ2) is 7.45. The normalized spacial score (nSPS) is 11.5. The molecule has 0 spiro atoms. The number of esters is 1. The van der Waals surface area contributed by atoms with E-state index in [4.69, 9.17) is 9.47 Å². The second-order valence-corrected chi connectivity index (χ2v) is 4.93. The summed E-state index contributed by atoms with van der Waals surface area (Å²) in [5, 5.41) is 12.2. The lowest BCUT2D eigenvalue weighted by atomic mass is 10.2. The molecule has 1 amide bonds. The molecule has 126 valence electrons. The van der Waals surface area contributed by atoms with Crippen LogP contribution < -0.4 is 10.1 Å². The summed E-state index contributed by atoms with van der Waals surface area (Å²) in [6, 6.07) is 9.24. The van der Waals surface area contributed by atoms with Crippen molar-refractivity contribution >= 4 is 17.6 Å². The van der Waals surface area contributed by atoms with Gasteiger partial charge in [-0.1, -0.05) is 0 Å². The second-order valence-electron chi connectivity index (χ2n) is 4.93. The lowest BCUT2D eigenvalue weighted by molar-refractivity contribution is -0.123. The van der Waals surface area contributed by atoms with Crippen LogP contribution >= 0.6 is 0 Å². The van der Waals surface area contributed by atoms with Gasteiger partial charge in [-0.05, 0) is 49.4 Å². The standard InChI is InChI=1S/C17H16FNO5/c1-10(16(21)19-12-5-3-11(18)4-6-12)24-17(22)14-9-13(23-2)7-8-15(14)20/h3-10,20H,1-2H3,(H,19,21). The van der Waals surface area contributed by atoms with Gasteiger partial charge < -0.3 is 19.9 Å². The van der Waals surface area contributed by atoms with Crippen molar-refractivity contribution < 1.29 is 28.6 Å². The summed E-state index contributed by atoms with van der Waals surface area (Å²) in [5.41, 5.74) is 0.254. The lowest BCUT2D eigenvalue weighted by Gasteiger charge is -2.14. The molecule has 0 aliphatic heterocycles. The topological polar surface area (TPSA) is 84.9 Å². The van der Waals surface area contributed by atoms with E-state index in [1.165, 1.54) is 56.5 Å². The molecular formula is C17H16FNO5. The van der Waals surface area contributed by atoms with Gasteiger partial charge in [-0.25, -0.2) is 9.18 Å². The van der Waals surface area contributed by atoms with Gasteiger partial charge in [0, 0.05) is 5.69 Å². The van der Waals surface area contributed by atoms with E-state index in [-0.39, 0.29) is 11.3 Å². The fraction of sp³-hybridized carbons (Fsp3) is 0.176. The number of carbonyl (C=O) groups is 2. The Hall–Kier alpha value is -3.09. The van der Waals surface area contributed by atoms with Crippen molar-refractivity contribution in [2.45, 2.75) is 13.0 Å². The van der Waals surface area contributed by atoms with Crippen LogP contribution in [0.15, 0.2) is 42.5 Å². The van der Waals surface area contributed by atoms with Crippen molar-refractivity contribution in [3.63, 3.8) is 0 Å². The molecule has 0 saturated carbocycles. The van der Waals surface area contributed by atoms with Gasteiger partial charge in [0.2, 0.25) is 0 Å². The number of amides is 1. The number of aromatic hydroxyl groups is 1. The van der Waals surface area contributed by atoms with Crippen LogP contribution in [0.5, 0.6) is 11.5 Å². The molecule has 1 unspecified atom stereocenters. The zero-order valence-electron chi connectivity index (χ0n) is 13.1. The Labute approximate surface area is 137 Å². The Morgan fingerprint density at radius 1 is 1.17 bits per heavy atom. The summed E-state index contributed by atoms with van der Waals surface area (Å²) < 4.78 is 22.8. The third kappa shape index (κ3) is 4.22. The molecule has 1 atom stereocenters. The van der Waals surface area contributed by atoms with E-state index in [1.54, 1.807) is 0 Å². The number of hydrogen-bond acceptors (Lipinski definition) is 5. The number of methoxy groups -OCH3 is 1. The average molecular weight is 333 g/mol. The maximum atomic E-state index is 12.8. The van der Waals surface area contributed by atoms with Crippen LogP contribution in [-0.2, 0) is 9.53 Å². The predicted molar refractivity (Wildman–Crippen MR) is 84.6 cm³/mol. The van der Waals surface area contributed by atoms with E-state index in [0.29, 0.717) is 11.4 Å². The third-order valence-electron chi connectivity index (χ3n) is 3.19. The number of halogens is 1. The highest BCUT2D eigenvalue weighted by atomic mass is 19.1. The van der Waals surface area contributed by atoms with Gasteiger partial charge in [0.15, 0.2) is 6.10 Å². The number of nitrogens with one attached hydrogen (secondary N) is 1. The van der Waals surface area contributed by atoms with Crippen molar-refractivity contribution in [3.8, 4) is 11.5 Å². The molecule has 2 aromatic rings. The largest absolute Gasteiger partial charge is 0.507 e. The number of anilines is 1. The van der Waals surface area contributed by atoms with Gasteiger partial charge in [0.25, 0.3) is 5.91 Å². The quantitative estimate of drug-likeness (QED) is 0.822. The molecule has 6 nitrogen and oxygen atoms in total. The van der Waals surface area contributed by atoms with Crippen LogP contribution in [0.2, 0.25) is 0 Å². The number of hydrogen-bond donors (Lipinski definition) is 2. The highest BCUT2D eigenvalue weighted by Gasteiger charge is 2.21. The van der Waals surface area contributed by atoms with Crippen LogP contribution in [0.4, 0.5) is 10.1 Å². The van der Waals surface area contributed by atoms with Crippen LogP contribution in [0, 0.1) is 5.82 Å². The molecule has 24 heavy (non-hydrogen) atoms. The Bertz CT molecular complexity index is 745. The fourth-order valence-electron chi connectivity index (χ4n) is 1.86. The molecule has 0 aliphatic carbocycles. The molecule has 0 aromatic heterocycles. The molecule has 0 saturated heterocycles. The maximum absolute atomic E-state index is 12.8. The lowest BCUT2D eigenvalue weighted by Crippen LogP contribution is -2.30. The Morgan fingerprint density at radius 2 is 1.83 bits per heavy atom. The molecule has 0 fully saturated rings. The van der Waals surface area contributed by atoms with Crippen molar-refractivity contribution in [3.05, 3.63) is 53.8 Å².